The zero-order valence-corrected chi connectivity index (χ0v) is 16.6. The zero-order valence-electron chi connectivity index (χ0n) is 16.6. The van der Waals surface area contributed by atoms with Gasteiger partial charge >= 0.3 is 0 Å². The van der Waals surface area contributed by atoms with Gasteiger partial charge in [-0.25, -0.2) is 0 Å². The molecule has 1 aliphatic heterocycles. The van der Waals surface area contributed by atoms with Crippen molar-refractivity contribution >= 4 is 29.0 Å². The first kappa shape index (κ1) is 19.5. The van der Waals surface area contributed by atoms with Crippen molar-refractivity contribution in [1.82, 2.24) is 9.97 Å². The SMILES string of the molecule is COc1ccc(Nc2cc(N3CCOCC3)nc(Nc3ccc(C#N)cc3)n2)cc1. The summed E-state index contributed by atoms with van der Waals surface area (Å²) in [7, 11) is 1.64. The molecule has 0 saturated carbocycles. The monoisotopic (exact) mass is 402 g/mol. The summed E-state index contributed by atoms with van der Waals surface area (Å²) >= 11 is 0. The molecule has 1 aliphatic rings. The van der Waals surface area contributed by atoms with Crippen LogP contribution in [0.15, 0.2) is 54.6 Å². The van der Waals surface area contributed by atoms with E-state index in [0.29, 0.717) is 30.5 Å². The number of hydrogen-bond acceptors (Lipinski definition) is 8. The molecular weight excluding hydrogens is 380 g/mol. The van der Waals surface area contributed by atoms with Gasteiger partial charge in [0, 0.05) is 30.5 Å². The fraction of sp³-hybridized carbons (Fsp3) is 0.227. The minimum Gasteiger partial charge on any atom is -0.497 e. The third kappa shape index (κ3) is 4.77. The van der Waals surface area contributed by atoms with E-state index in [1.807, 2.05) is 42.5 Å². The van der Waals surface area contributed by atoms with E-state index in [-0.39, 0.29) is 0 Å². The van der Waals surface area contributed by atoms with Crippen LogP contribution in [0.5, 0.6) is 5.75 Å². The number of rotatable bonds is 6. The first-order chi connectivity index (χ1) is 14.7. The average Bonchev–Trinajstić information content (AvgIpc) is 2.80. The number of nitrogens with one attached hydrogen (secondary N) is 2. The molecule has 0 bridgehead atoms. The van der Waals surface area contributed by atoms with E-state index in [0.717, 1.165) is 36.0 Å². The van der Waals surface area contributed by atoms with E-state index < -0.39 is 0 Å². The van der Waals surface area contributed by atoms with E-state index in [2.05, 4.69) is 31.6 Å². The van der Waals surface area contributed by atoms with Gasteiger partial charge < -0.3 is 25.0 Å². The van der Waals surface area contributed by atoms with Crippen molar-refractivity contribution in [1.29, 1.82) is 5.26 Å². The number of hydrogen-bond donors (Lipinski definition) is 2. The molecule has 1 aromatic heterocycles. The number of aromatic nitrogens is 2. The summed E-state index contributed by atoms with van der Waals surface area (Å²) < 4.78 is 10.7. The van der Waals surface area contributed by atoms with Gasteiger partial charge in [-0.1, -0.05) is 0 Å². The van der Waals surface area contributed by atoms with Crippen molar-refractivity contribution in [2.24, 2.45) is 0 Å². The maximum Gasteiger partial charge on any atom is 0.231 e. The lowest BCUT2D eigenvalue weighted by Gasteiger charge is -2.28. The second-order valence-corrected chi connectivity index (χ2v) is 6.70. The fourth-order valence-electron chi connectivity index (χ4n) is 3.09. The molecule has 3 aromatic rings. The molecule has 1 fully saturated rings. The predicted molar refractivity (Wildman–Crippen MR) is 116 cm³/mol. The van der Waals surface area contributed by atoms with E-state index in [4.69, 9.17) is 14.7 Å². The topological polar surface area (TPSA) is 95.3 Å². The van der Waals surface area contributed by atoms with E-state index in [1.54, 1.807) is 19.2 Å². The number of nitriles is 1. The first-order valence-electron chi connectivity index (χ1n) is 9.63. The molecule has 0 spiro atoms. The molecule has 0 radical (unpaired) electrons. The lowest BCUT2D eigenvalue weighted by molar-refractivity contribution is 0.122. The average molecular weight is 402 g/mol. The van der Waals surface area contributed by atoms with Crippen LogP contribution < -0.4 is 20.3 Å². The maximum absolute atomic E-state index is 8.98. The zero-order chi connectivity index (χ0) is 20.8. The Morgan fingerprint density at radius 3 is 2.30 bits per heavy atom. The van der Waals surface area contributed by atoms with Gasteiger partial charge in [-0.2, -0.15) is 15.2 Å². The largest absolute Gasteiger partial charge is 0.497 e. The summed E-state index contributed by atoms with van der Waals surface area (Å²) in [6.07, 6.45) is 0. The molecule has 4 rings (SSSR count). The van der Waals surface area contributed by atoms with Gasteiger partial charge in [-0.15, -0.1) is 0 Å². The number of anilines is 5. The molecule has 2 aromatic carbocycles. The molecule has 2 N–H and O–H groups in total. The van der Waals surface area contributed by atoms with Crippen molar-refractivity contribution in [2.45, 2.75) is 0 Å². The highest BCUT2D eigenvalue weighted by Gasteiger charge is 2.15. The number of benzene rings is 2. The quantitative estimate of drug-likeness (QED) is 0.645. The van der Waals surface area contributed by atoms with Crippen LogP contribution >= 0.6 is 0 Å². The molecule has 2 heterocycles. The standard InChI is InChI=1S/C22H22N6O2/c1-29-19-8-6-17(7-9-19)24-20-14-21(28-10-12-30-13-11-28)27-22(26-20)25-18-4-2-16(15-23)3-5-18/h2-9,14H,10-13H2,1H3,(H2,24,25,26,27). The van der Waals surface area contributed by atoms with Gasteiger partial charge in [0.15, 0.2) is 0 Å². The molecule has 0 atom stereocenters. The Kier molecular flexibility index (Phi) is 5.92. The molecule has 1 saturated heterocycles. The predicted octanol–water partition coefficient (Wildman–Crippen LogP) is 3.68. The van der Waals surface area contributed by atoms with Crippen LogP contribution in [0.25, 0.3) is 0 Å². The molecule has 152 valence electrons. The van der Waals surface area contributed by atoms with Gasteiger partial charge in [-0.05, 0) is 48.5 Å². The highest BCUT2D eigenvalue weighted by molar-refractivity contribution is 5.64. The normalized spacial score (nSPS) is 13.4. The van der Waals surface area contributed by atoms with Crippen molar-refractivity contribution < 1.29 is 9.47 Å². The summed E-state index contributed by atoms with van der Waals surface area (Å²) in [6, 6.07) is 18.9. The van der Waals surface area contributed by atoms with Crippen LogP contribution in [0.2, 0.25) is 0 Å². The van der Waals surface area contributed by atoms with Crippen molar-refractivity contribution in [3.05, 3.63) is 60.2 Å². The highest BCUT2D eigenvalue weighted by atomic mass is 16.5. The van der Waals surface area contributed by atoms with Crippen LogP contribution in [0.4, 0.5) is 29.0 Å². The molecule has 8 heteroatoms. The molecule has 30 heavy (non-hydrogen) atoms. The third-order valence-electron chi connectivity index (χ3n) is 4.68. The Morgan fingerprint density at radius 1 is 0.967 bits per heavy atom. The fourth-order valence-corrected chi connectivity index (χ4v) is 3.09. The number of ether oxygens (including phenoxy) is 2. The maximum atomic E-state index is 8.98. The van der Waals surface area contributed by atoms with Gasteiger partial charge in [-0.3, -0.25) is 0 Å². The van der Waals surface area contributed by atoms with Crippen molar-refractivity contribution in [3.63, 3.8) is 0 Å². The number of methoxy groups -OCH3 is 1. The smallest absolute Gasteiger partial charge is 0.231 e. The second-order valence-electron chi connectivity index (χ2n) is 6.70. The summed E-state index contributed by atoms with van der Waals surface area (Å²) in [6.45, 7) is 2.89. The highest BCUT2D eigenvalue weighted by Crippen LogP contribution is 2.25. The minimum absolute atomic E-state index is 0.472. The second kappa shape index (κ2) is 9.11. The van der Waals surface area contributed by atoms with Crippen LogP contribution in [0, 0.1) is 11.3 Å². The van der Waals surface area contributed by atoms with Gasteiger partial charge in [0.1, 0.15) is 17.4 Å². The molecular formula is C22H22N6O2. The Bertz CT molecular complexity index is 1020. The van der Waals surface area contributed by atoms with Crippen molar-refractivity contribution in [3.8, 4) is 11.8 Å². The minimum atomic E-state index is 0.472. The first-order valence-corrected chi connectivity index (χ1v) is 9.63. The van der Waals surface area contributed by atoms with Crippen LogP contribution in [-0.2, 0) is 4.74 Å². The summed E-state index contributed by atoms with van der Waals surface area (Å²) in [5, 5.41) is 15.5. The van der Waals surface area contributed by atoms with Crippen LogP contribution in [0.3, 0.4) is 0 Å². The van der Waals surface area contributed by atoms with Gasteiger partial charge in [0.2, 0.25) is 5.95 Å². The third-order valence-corrected chi connectivity index (χ3v) is 4.68. The number of morpholine rings is 1. The van der Waals surface area contributed by atoms with E-state index in [9.17, 15) is 0 Å². The Morgan fingerprint density at radius 2 is 1.63 bits per heavy atom. The summed E-state index contributed by atoms with van der Waals surface area (Å²) in [5.74, 6) is 2.76. The lowest BCUT2D eigenvalue weighted by atomic mass is 10.2. The van der Waals surface area contributed by atoms with Gasteiger partial charge in [0.05, 0.1) is 32.0 Å². The molecule has 0 aliphatic carbocycles. The van der Waals surface area contributed by atoms with Crippen molar-refractivity contribution in [2.75, 3.05) is 48.9 Å². The Balaban J connectivity index is 1.61. The Hall–Kier alpha value is -3.83. The Labute approximate surface area is 175 Å². The molecule has 0 amide bonds. The molecule has 8 nitrogen and oxygen atoms in total. The lowest BCUT2D eigenvalue weighted by Crippen LogP contribution is -2.36. The van der Waals surface area contributed by atoms with Gasteiger partial charge in [0.25, 0.3) is 0 Å². The van der Waals surface area contributed by atoms with Crippen LogP contribution in [0.1, 0.15) is 5.56 Å². The molecule has 0 unspecified atom stereocenters. The van der Waals surface area contributed by atoms with E-state index in [1.165, 1.54) is 0 Å². The van der Waals surface area contributed by atoms with E-state index >= 15 is 0 Å². The van der Waals surface area contributed by atoms with Crippen LogP contribution in [-0.4, -0.2) is 43.4 Å². The summed E-state index contributed by atoms with van der Waals surface area (Å²) in [4.78, 5) is 11.5. The summed E-state index contributed by atoms with van der Waals surface area (Å²) in [5.41, 5.74) is 2.31. The number of nitrogens with zero attached hydrogens (tertiary/aromatic N) is 4.